The fourth-order valence-electron chi connectivity index (χ4n) is 1.72. The minimum absolute atomic E-state index is 0.155. The Bertz CT molecular complexity index is 575. The highest BCUT2D eigenvalue weighted by atomic mass is 16.1. The summed E-state index contributed by atoms with van der Waals surface area (Å²) in [6.45, 7) is 0. The molecule has 2 aromatic rings. The standard InChI is InChI=1S/C14H12N3O/c15-17-16-13(11-7-3-1-4-8-11)14(18)12-9-5-2-6-10-12/h1-10,13,15H/q+1. The molecule has 18 heavy (non-hydrogen) atoms. The van der Waals surface area contributed by atoms with Crippen LogP contribution in [0.3, 0.4) is 0 Å². The summed E-state index contributed by atoms with van der Waals surface area (Å²) in [6, 6.07) is 17.3. The number of carbonyl (C=O) groups is 1. The van der Waals surface area contributed by atoms with E-state index >= 15 is 0 Å². The minimum atomic E-state index is -0.744. The van der Waals surface area contributed by atoms with Crippen molar-refractivity contribution in [2.45, 2.75) is 6.04 Å². The molecule has 0 radical (unpaired) electrons. The first-order valence-corrected chi connectivity index (χ1v) is 5.53. The molecule has 2 rings (SSSR count). The lowest BCUT2D eigenvalue weighted by atomic mass is 9.98. The molecule has 88 valence electrons. The van der Waals surface area contributed by atoms with Crippen molar-refractivity contribution >= 4 is 5.78 Å². The van der Waals surface area contributed by atoms with Crippen molar-refractivity contribution in [3.8, 4) is 0 Å². The maximum Gasteiger partial charge on any atom is 0.221 e. The van der Waals surface area contributed by atoms with E-state index in [9.17, 15) is 4.79 Å². The SMILES string of the molecule is N=[N+]=NC(C(=O)c1ccccc1)c1ccccc1. The van der Waals surface area contributed by atoms with Crippen LogP contribution in [0.1, 0.15) is 22.0 Å². The van der Waals surface area contributed by atoms with Crippen LogP contribution in [0.4, 0.5) is 0 Å². The van der Waals surface area contributed by atoms with Crippen molar-refractivity contribution in [2.24, 2.45) is 5.11 Å². The first-order chi connectivity index (χ1) is 8.83. The van der Waals surface area contributed by atoms with Crippen molar-refractivity contribution < 1.29 is 4.79 Å². The summed E-state index contributed by atoms with van der Waals surface area (Å²) in [5.74, 6) is -0.155. The fourth-order valence-corrected chi connectivity index (χ4v) is 1.72. The van der Waals surface area contributed by atoms with Crippen LogP contribution in [0.25, 0.3) is 0 Å². The molecule has 0 bridgehead atoms. The van der Waals surface area contributed by atoms with Crippen LogP contribution in [-0.2, 0) is 0 Å². The molecule has 0 aromatic heterocycles. The Morgan fingerprint density at radius 1 is 1.00 bits per heavy atom. The summed E-state index contributed by atoms with van der Waals surface area (Å²) in [5.41, 5.74) is 8.15. The number of hydrogen-bond acceptors (Lipinski definition) is 3. The lowest BCUT2D eigenvalue weighted by Gasteiger charge is -2.05. The summed E-state index contributed by atoms with van der Waals surface area (Å²) < 4.78 is 0. The average molecular weight is 238 g/mol. The third-order valence-electron chi connectivity index (χ3n) is 2.60. The highest BCUT2D eigenvalue weighted by molar-refractivity contribution is 6.00. The van der Waals surface area contributed by atoms with E-state index in [-0.39, 0.29) is 5.78 Å². The van der Waals surface area contributed by atoms with Crippen molar-refractivity contribution in [2.75, 3.05) is 0 Å². The second-order valence-electron chi connectivity index (χ2n) is 3.76. The zero-order chi connectivity index (χ0) is 12.8. The van der Waals surface area contributed by atoms with Gasteiger partial charge in [-0.05, 0) is 5.56 Å². The van der Waals surface area contributed by atoms with Gasteiger partial charge in [-0.2, -0.15) is 0 Å². The molecular weight excluding hydrogens is 226 g/mol. The number of nitrogens with zero attached hydrogens (tertiary/aromatic N) is 2. The Morgan fingerprint density at radius 2 is 1.56 bits per heavy atom. The number of nitrogens with one attached hydrogen (secondary N) is 1. The van der Waals surface area contributed by atoms with Gasteiger partial charge >= 0.3 is 0 Å². The Hall–Kier alpha value is -2.58. The van der Waals surface area contributed by atoms with E-state index in [0.29, 0.717) is 5.56 Å². The van der Waals surface area contributed by atoms with E-state index < -0.39 is 6.04 Å². The molecule has 0 heterocycles. The number of carbonyl (C=O) groups excluding carboxylic acids is 1. The molecule has 0 saturated heterocycles. The van der Waals surface area contributed by atoms with Gasteiger partial charge in [-0.15, -0.1) is 0 Å². The number of benzene rings is 2. The molecule has 0 aliphatic heterocycles. The van der Waals surface area contributed by atoms with Crippen LogP contribution >= 0.6 is 0 Å². The molecule has 0 spiro atoms. The van der Waals surface area contributed by atoms with Crippen LogP contribution in [0.15, 0.2) is 65.8 Å². The largest absolute Gasteiger partial charge is 0.291 e. The van der Waals surface area contributed by atoms with E-state index in [2.05, 4.69) is 10.0 Å². The molecule has 1 atom stereocenters. The van der Waals surface area contributed by atoms with Crippen molar-refractivity contribution in [1.29, 1.82) is 5.53 Å². The molecule has 2 aromatic carbocycles. The first-order valence-electron chi connectivity index (χ1n) is 5.53. The maximum atomic E-state index is 12.3. The third kappa shape index (κ3) is 2.56. The monoisotopic (exact) mass is 238 g/mol. The van der Waals surface area contributed by atoms with Crippen LogP contribution in [0, 0.1) is 5.53 Å². The van der Waals surface area contributed by atoms with Crippen LogP contribution in [0.5, 0.6) is 0 Å². The molecule has 0 aliphatic rings. The lowest BCUT2D eigenvalue weighted by Crippen LogP contribution is -2.11. The lowest BCUT2D eigenvalue weighted by molar-refractivity contribution is 0.0958. The smallest absolute Gasteiger partial charge is 0.221 e. The normalized spacial score (nSPS) is 11.3. The molecule has 0 amide bonds. The molecule has 1 unspecified atom stereocenters. The summed E-state index contributed by atoms with van der Waals surface area (Å²) >= 11 is 0. The van der Waals surface area contributed by atoms with Gasteiger partial charge in [-0.25, -0.2) is 0 Å². The third-order valence-corrected chi connectivity index (χ3v) is 2.60. The van der Waals surface area contributed by atoms with Gasteiger partial charge in [0, 0.05) is 5.56 Å². The topological polar surface area (TPSA) is 67.4 Å². The number of hydrogen-bond donors (Lipinski definition) is 1. The first kappa shape index (κ1) is 11.9. The summed E-state index contributed by atoms with van der Waals surface area (Å²) in [5, 5.41) is 3.71. The number of ketones is 1. The van der Waals surface area contributed by atoms with Gasteiger partial charge in [0.2, 0.25) is 11.0 Å². The molecule has 1 N–H and O–H groups in total. The maximum absolute atomic E-state index is 12.3. The Kier molecular flexibility index (Phi) is 3.74. The molecule has 0 saturated carbocycles. The van der Waals surface area contributed by atoms with E-state index in [4.69, 9.17) is 5.53 Å². The van der Waals surface area contributed by atoms with E-state index in [1.54, 1.807) is 36.4 Å². The Labute approximate surface area is 105 Å². The highest BCUT2D eigenvalue weighted by Gasteiger charge is 2.25. The van der Waals surface area contributed by atoms with Gasteiger partial charge in [-0.3, -0.25) is 4.79 Å². The highest BCUT2D eigenvalue weighted by Crippen LogP contribution is 2.21. The fraction of sp³-hybridized carbons (Fsp3) is 0.0714. The summed E-state index contributed by atoms with van der Waals surface area (Å²) in [7, 11) is 0. The molecule has 0 aliphatic carbocycles. The van der Waals surface area contributed by atoms with E-state index in [1.807, 2.05) is 24.3 Å². The van der Waals surface area contributed by atoms with E-state index in [0.717, 1.165) is 5.56 Å². The molecular formula is C14H12N3O+. The number of Topliss-reactive ketones (excluding diaryl/α,β-unsaturated/α-hetero) is 1. The average Bonchev–Trinajstić information content (AvgIpc) is 2.46. The predicted octanol–water partition coefficient (Wildman–Crippen LogP) is 3.16. The zero-order valence-electron chi connectivity index (χ0n) is 9.65. The Balaban J connectivity index is 2.38. The van der Waals surface area contributed by atoms with Crippen LogP contribution in [0.2, 0.25) is 0 Å². The van der Waals surface area contributed by atoms with Crippen molar-refractivity contribution in [1.82, 2.24) is 4.91 Å². The summed E-state index contributed by atoms with van der Waals surface area (Å²) in [4.78, 5) is 15.3. The molecule has 4 nitrogen and oxygen atoms in total. The van der Waals surface area contributed by atoms with Gasteiger partial charge in [0.25, 0.3) is 0 Å². The van der Waals surface area contributed by atoms with Crippen LogP contribution < -0.4 is 4.91 Å². The minimum Gasteiger partial charge on any atom is -0.291 e. The van der Waals surface area contributed by atoms with Gasteiger partial charge in [0.05, 0.1) is 0 Å². The quantitative estimate of drug-likeness (QED) is 0.496. The van der Waals surface area contributed by atoms with Crippen molar-refractivity contribution in [3.63, 3.8) is 0 Å². The summed E-state index contributed by atoms with van der Waals surface area (Å²) in [6.07, 6.45) is 0. The zero-order valence-corrected chi connectivity index (χ0v) is 9.65. The number of rotatable bonds is 4. The Morgan fingerprint density at radius 3 is 2.11 bits per heavy atom. The second-order valence-corrected chi connectivity index (χ2v) is 3.76. The van der Waals surface area contributed by atoms with Gasteiger partial charge in [0.1, 0.15) is 10.6 Å². The van der Waals surface area contributed by atoms with E-state index in [1.165, 1.54) is 0 Å². The van der Waals surface area contributed by atoms with Gasteiger partial charge in [0.15, 0.2) is 5.78 Å². The second kappa shape index (κ2) is 5.66. The molecule has 0 fully saturated rings. The predicted molar refractivity (Wildman–Crippen MR) is 67.2 cm³/mol. The van der Waals surface area contributed by atoms with Gasteiger partial charge in [-0.1, -0.05) is 60.7 Å². The van der Waals surface area contributed by atoms with Gasteiger partial charge < -0.3 is 0 Å². The molecule has 4 heteroatoms. The van der Waals surface area contributed by atoms with Crippen LogP contribution in [-0.4, -0.2) is 5.78 Å². The van der Waals surface area contributed by atoms with Crippen molar-refractivity contribution in [3.05, 3.63) is 71.8 Å².